The van der Waals surface area contributed by atoms with Gasteiger partial charge in [-0.3, -0.25) is 4.79 Å². The van der Waals surface area contributed by atoms with E-state index in [4.69, 9.17) is 9.84 Å². The highest BCUT2D eigenvalue weighted by molar-refractivity contribution is 5.94. The summed E-state index contributed by atoms with van der Waals surface area (Å²) >= 11 is 0. The van der Waals surface area contributed by atoms with E-state index in [1.165, 1.54) is 6.07 Å². The fourth-order valence-electron chi connectivity index (χ4n) is 1.86. The molecule has 2 N–H and O–H groups in total. The Balaban J connectivity index is 2.07. The van der Waals surface area contributed by atoms with Crippen molar-refractivity contribution in [1.82, 2.24) is 5.32 Å². The normalized spacial score (nSPS) is 9.95. The summed E-state index contributed by atoms with van der Waals surface area (Å²) in [7, 11) is 1.57. The van der Waals surface area contributed by atoms with Gasteiger partial charge >= 0.3 is 5.97 Å². The molecule has 5 nitrogen and oxygen atoms in total. The minimum absolute atomic E-state index is 0.155. The maximum absolute atomic E-state index is 11.4. The Labute approximate surface area is 122 Å². The van der Waals surface area contributed by atoms with Crippen LogP contribution in [0.15, 0.2) is 48.5 Å². The molecule has 0 radical (unpaired) electrons. The Morgan fingerprint density at radius 2 is 1.76 bits per heavy atom. The summed E-state index contributed by atoms with van der Waals surface area (Å²) in [6.07, 6.45) is 0. The van der Waals surface area contributed by atoms with Crippen molar-refractivity contribution in [3.8, 4) is 5.75 Å². The van der Waals surface area contributed by atoms with Crippen LogP contribution in [0.2, 0.25) is 0 Å². The van der Waals surface area contributed by atoms with Gasteiger partial charge < -0.3 is 15.2 Å². The SMILES string of the molecule is CNC(=O)c1ccc(OCc2ccccc2C(=O)O)cc1. The van der Waals surface area contributed by atoms with Crippen LogP contribution in [-0.2, 0) is 6.61 Å². The van der Waals surface area contributed by atoms with Gasteiger partial charge in [0.1, 0.15) is 12.4 Å². The van der Waals surface area contributed by atoms with E-state index in [9.17, 15) is 9.59 Å². The van der Waals surface area contributed by atoms with Gasteiger partial charge in [-0.25, -0.2) is 4.79 Å². The highest BCUT2D eigenvalue weighted by Gasteiger charge is 2.09. The molecule has 0 saturated carbocycles. The topological polar surface area (TPSA) is 75.6 Å². The zero-order valence-electron chi connectivity index (χ0n) is 11.5. The number of aromatic carboxylic acids is 1. The van der Waals surface area contributed by atoms with Gasteiger partial charge in [0, 0.05) is 18.2 Å². The Hall–Kier alpha value is -2.82. The summed E-state index contributed by atoms with van der Waals surface area (Å²) in [5.74, 6) is -0.579. The first kappa shape index (κ1) is 14.6. The first-order valence-corrected chi connectivity index (χ1v) is 6.38. The third kappa shape index (κ3) is 3.60. The lowest BCUT2D eigenvalue weighted by molar-refractivity contribution is 0.0693. The molecule has 0 saturated heterocycles. The average molecular weight is 285 g/mol. The zero-order chi connectivity index (χ0) is 15.2. The lowest BCUT2D eigenvalue weighted by atomic mass is 10.1. The van der Waals surface area contributed by atoms with Gasteiger partial charge in [0.2, 0.25) is 0 Å². The summed E-state index contributed by atoms with van der Waals surface area (Å²) in [5.41, 5.74) is 1.36. The quantitative estimate of drug-likeness (QED) is 0.884. The van der Waals surface area contributed by atoms with Gasteiger partial charge in [0.05, 0.1) is 5.56 Å². The van der Waals surface area contributed by atoms with E-state index in [1.807, 2.05) is 0 Å². The smallest absolute Gasteiger partial charge is 0.336 e. The zero-order valence-corrected chi connectivity index (χ0v) is 11.5. The number of hydrogen-bond donors (Lipinski definition) is 2. The summed E-state index contributed by atoms with van der Waals surface area (Å²) in [6.45, 7) is 0.155. The van der Waals surface area contributed by atoms with Crippen LogP contribution in [0.25, 0.3) is 0 Å². The Morgan fingerprint density at radius 1 is 1.10 bits per heavy atom. The van der Waals surface area contributed by atoms with Crippen molar-refractivity contribution in [3.63, 3.8) is 0 Å². The molecule has 0 aromatic heterocycles. The lowest BCUT2D eigenvalue weighted by Crippen LogP contribution is -2.17. The van der Waals surface area contributed by atoms with Gasteiger partial charge in [-0.15, -0.1) is 0 Å². The number of benzene rings is 2. The van der Waals surface area contributed by atoms with E-state index >= 15 is 0 Å². The van der Waals surface area contributed by atoms with Crippen LogP contribution in [-0.4, -0.2) is 24.0 Å². The number of carbonyl (C=O) groups excluding carboxylic acids is 1. The van der Waals surface area contributed by atoms with E-state index in [1.54, 1.807) is 49.5 Å². The molecule has 1 amide bonds. The average Bonchev–Trinajstić information content (AvgIpc) is 2.52. The predicted octanol–water partition coefficient (Wildman–Crippen LogP) is 2.32. The van der Waals surface area contributed by atoms with Crippen LogP contribution in [0.1, 0.15) is 26.3 Å². The summed E-state index contributed by atoms with van der Waals surface area (Å²) in [5, 5.41) is 11.6. The Bertz CT molecular complexity index is 650. The van der Waals surface area contributed by atoms with Crippen molar-refractivity contribution in [2.24, 2.45) is 0 Å². The van der Waals surface area contributed by atoms with E-state index in [0.717, 1.165) is 0 Å². The van der Waals surface area contributed by atoms with E-state index in [2.05, 4.69) is 5.32 Å². The fourth-order valence-corrected chi connectivity index (χ4v) is 1.86. The fraction of sp³-hybridized carbons (Fsp3) is 0.125. The number of rotatable bonds is 5. The molecule has 108 valence electrons. The predicted molar refractivity (Wildman–Crippen MR) is 77.6 cm³/mol. The molecule has 2 aromatic carbocycles. The molecule has 2 aromatic rings. The first-order chi connectivity index (χ1) is 10.1. The van der Waals surface area contributed by atoms with Crippen molar-refractivity contribution in [1.29, 1.82) is 0 Å². The maximum atomic E-state index is 11.4. The minimum Gasteiger partial charge on any atom is -0.489 e. The van der Waals surface area contributed by atoms with Gasteiger partial charge in [0.15, 0.2) is 0 Å². The molecule has 0 aliphatic rings. The molecule has 0 unspecified atom stereocenters. The maximum Gasteiger partial charge on any atom is 0.336 e. The number of ether oxygens (including phenoxy) is 1. The van der Waals surface area contributed by atoms with Crippen molar-refractivity contribution in [2.75, 3.05) is 7.05 Å². The highest BCUT2D eigenvalue weighted by Crippen LogP contribution is 2.16. The Morgan fingerprint density at radius 3 is 2.38 bits per heavy atom. The van der Waals surface area contributed by atoms with Gasteiger partial charge in [-0.1, -0.05) is 18.2 Å². The van der Waals surface area contributed by atoms with Crippen LogP contribution in [0.4, 0.5) is 0 Å². The number of carboxylic acid groups (broad SMARTS) is 1. The largest absolute Gasteiger partial charge is 0.489 e. The summed E-state index contributed by atoms with van der Waals surface area (Å²) < 4.78 is 5.56. The standard InChI is InChI=1S/C16H15NO4/c1-17-15(18)11-6-8-13(9-7-11)21-10-12-4-2-3-5-14(12)16(19)20/h2-9H,10H2,1H3,(H,17,18)(H,19,20). The lowest BCUT2D eigenvalue weighted by Gasteiger charge is -2.09. The molecule has 0 aliphatic carbocycles. The number of carboxylic acids is 1. The molecule has 21 heavy (non-hydrogen) atoms. The number of hydrogen-bond acceptors (Lipinski definition) is 3. The van der Waals surface area contributed by atoms with Crippen LogP contribution < -0.4 is 10.1 Å². The van der Waals surface area contributed by atoms with Crippen molar-refractivity contribution < 1.29 is 19.4 Å². The van der Waals surface area contributed by atoms with E-state index < -0.39 is 5.97 Å². The van der Waals surface area contributed by atoms with E-state index in [0.29, 0.717) is 16.9 Å². The van der Waals surface area contributed by atoms with Crippen LogP contribution in [0, 0.1) is 0 Å². The van der Waals surface area contributed by atoms with Crippen LogP contribution in [0.3, 0.4) is 0 Å². The molecule has 0 bridgehead atoms. The molecule has 5 heteroatoms. The second kappa shape index (κ2) is 6.56. The van der Waals surface area contributed by atoms with Crippen molar-refractivity contribution in [2.45, 2.75) is 6.61 Å². The van der Waals surface area contributed by atoms with Crippen LogP contribution >= 0.6 is 0 Å². The highest BCUT2D eigenvalue weighted by atomic mass is 16.5. The monoisotopic (exact) mass is 285 g/mol. The van der Waals surface area contributed by atoms with Gasteiger partial charge in [0.25, 0.3) is 5.91 Å². The molecule has 2 rings (SSSR count). The van der Waals surface area contributed by atoms with Crippen molar-refractivity contribution in [3.05, 3.63) is 65.2 Å². The molecule has 0 heterocycles. The number of carbonyl (C=O) groups is 2. The first-order valence-electron chi connectivity index (χ1n) is 6.38. The minimum atomic E-state index is -0.982. The van der Waals surface area contributed by atoms with Gasteiger partial charge in [-0.05, 0) is 30.3 Å². The third-order valence-electron chi connectivity index (χ3n) is 2.99. The third-order valence-corrected chi connectivity index (χ3v) is 2.99. The molecule has 0 spiro atoms. The van der Waals surface area contributed by atoms with Crippen molar-refractivity contribution >= 4 is 11.9 Å². The second-order valence-electron chi connectivity index (χ2n) is 4.35. The Kier molecular flexibility index (Phi) is 4.56. The molecule has 0 atom stereocenters. The number of amides is 1. The molecular formula is C16H15NO4. The van der Waals surface area contributed by atoms with Gasteiger partial charge in [-0.2, -0.15) is 0 Å². The summed E-state index contributed by atoms with van der Waals surface area (Å²) in [6, 6.07) is 13.3. The molecular weight excluding hydrogens is 270 g/mol. The number of nitrogens with one attached hydrogen (secondary N) is 1. The summed E-state index contributed by atoms with van der Waals surface area (Å²) in [4.78, 5) is 22.5. The van der Waals surface area contributed by atoms with Crippen LogP contribution in [0.5, 0.6) is 5.75 Å². The molecule has 0 fully saturated rings. The second-order valence-corrected chi connectivity index (χ2v) is 4.35. The molecule has 0 aliphatic heterocycles. The van der Waals surface area contributed by atoms with E-state index in [-0.39, 0.29) is 18.1 Å².